The first-order chi connectivity index (χ1) is 16.7. The molecule has 2 heterocycles. The maximum atomic E-state index is 13.9. The van der Waals surface area contributed by atoms with Crippen LogP contribution in [0.5, 0.6) is 11.8 Å². The lowest BCUT2D eigenvalue weighted by Gasteiger charge is -2.12. The van der Waals surface area contributed by atoms with E-state index in [0.29, 0.717) is 53.8 Å². The number of carbonyl (C=O) groups is 1. The molecule has 0 aliphatic rings. The van der Waals surface area contributed by atoms with Crippen molar-refractivity contribution in [2.24, 2.45) is 0 Å². The number of carbonyl (C=O) groups excluding carboxylic acids is 1. The van der Waals surface area contributed by atoms with Gasteiger partial charge in [-0.05, 0) is 53.1 Å². The van der Waals surface area contributed by atoms with Crippen molar-refractivity contribution in [2.45, 2.75) is 13.5 Å². The molecule has 0 saturated heterocycles. The number of nitrogens with zero attached hydrogens (tertiary/aromatic N) is 5. The molecule has 170 valence electrons. The van der Waals surface area contributed by atoms with Crippen LogP contribution in [0.2, 0.25) is 0 Å². The Kier molecular flexibility index (Phi) is 5.69. The number of aromatic amines is 1. The summed E-state index contributed by atoms with van der Waals surface area (Å²) in [6.07, 6.45) is 0. The summed E-state index contributed by atoms with van der Waals surface area (Å²) in [5.74, 6) is 0.329. The molecule has 0 bridgehead atoms. The minimum atomic E-state index is -0.385. The number of tetrazole rings is 1. The summed E-state index contributed by atoms with van der Waals surface area (Å²) in [7, 11) is 0. The van der Waals surface area contributed by atoms with Crippen molar-refractivity contribution in [2.75, 3.05) is 6.61 Å². The van der Waals surface area contributed by atoms with Crippen LogP contribution in [0.4, 0.5) is 4.39 Å². The third-order valence-electron chi connectivity index (χ3n) is 5.32. The van der Waals surface area contributed by atoms with Crippen molar-refractivity contribution >= 4 is 17.5 Å². The third-order valence-corrected chi connectivity index (χ3v) is 5.32. The number of H-pyrrole nitrogens is 1. The van der Waals surface area contributed by atoms with E-state index >= 15 is 0 Å². The summed E-state index contributed by atoms with van der Waals surface area (Å²) >= 11 is 0. The van der Waals surface area contributed by atoms with Crippen molar-refractivity contribution in [3.63, 3.8) is 0 Å². The predicted molar refractivity (Wildman–Crippen MR) is 122 cm³/mol. The maximum Gasteiger partial charge on any atom is 0.298 e. The van der Waals surface area contributed by atoms with E-state index in [4.69, 9.17) is 9.47 Å². The van der Waals surface area contributed by atoms with Crippen LogP contribution in [-0.4, -0.2) is 43.3 Å². The van der Waals surface area contributed by atoms with Gasteiger partial charge in [-0.1, -0.05) is 36.4 Å². The van der Waals surface area contributed by atoms with Gasteiger partial charge in [0.1, 0.15) is 11.3 Å². The molecule has 0 spiro atoms. The van der Waals surface area contributed by atoms with Gasteiger partial charge in [0.15, 0.2) is 5.75 Å². The highest BCUT2D eigenvalue weighted by Gasteiger charge is 2.17. The molecule has 34 heavy (non-hydrogen) atoms. The largest absolute Gasteiger partial charge is 0.465 e. The molecule has 0 amide bonds. The number of imidazole rings is 1. The van der Waals surface area contributed by atoms with Crippen LogP contribution in [-0.2, 0) is 11.3 Å². The van der Waals surface area contributed by atoms with Crippen LogP contribution in [0.15, 0.2) is 60.7 Å². The zero-order valence-corrected chi connectivity index (χ0v) is 18.1. The fraction of sp³-hybridized carbons (Fsp3) is 0.125. The number of hydrogen-bond donors (Lipinski definition) is 1. The number of benzene rings is 3. The number of hydrogen-bond acceptors (Lipinski definition) is 7. The Morgan fingerprint density at radius 3 is 2.68 bits per heavy atom. The van der Waals surface area contributed by atoms with Gasteiger partial charge in [-0.25, -0.2) is 4.39 Å². The highest BCUT2D eigenvalue weighted by molar-refractivity contribution is 5.84. The normalized spacial score (nSPS) is 11.0. The quantitative estimate of drug-likeness (QED) is 0.350. The minimum Gasteiger partial charge on any atom is -0.465 e. The number of fused-ring (bicyclic) bond motifs is 1. The van der Waals surface area contributed by atoms with Crippen molar-refractivity contribution in [3.05, 3.63) is 72.0 Å². The highest BCUT2D eigenvalue weighted by atomic mass is 19.1. The number of para-hydroxylation sites is 1. The lowest BCUT2D eigenvalue weighted by atomic mass is 9.98. The van der Waals surface area contributed by atoms with Gasteiger partial charge in [-0.2, -0.15) is 10.2 Å². The Morgan fingerprint density at radius 2 is 1.94 bits per heavy atom. The van der Waals surface area contributed by atoms with E-state index in [9.17, 15) is 9.18 Å². The lowest BCUT2D eigenvalue weighted by Crippen LogP contribution is -2.06. The molecule has 2 aromatic heterocycles. The zero-order valence-electron chi connectivity index (χ0n) is 18.1. The van der Waals surface area contributed by atoms with E-state index in [-0.39, 0.29) is 5.82 Å². The minimum absolute atomic E-state index is 0.313. The van der Waals surface area contributed by atoms with Gasteiger partial charge < -0.3 is 9.47 Å². The number of rotatable bonds is 8. The van der Waals surface area contributed by atoms with Crippen molar-refractivity contribution in [3.8, 4) is 34.3 Å². The van der Waals surface area contributed by atoms with Gasteiger partial charge in [-0.15, -0.1) is 10.2 Å². The molecular weight excluding hydrogens is 439 g/mol. The molecule has 10 heteroatoms. The molecule has 0 saturated carbocycles. The fourth-order valence-electron chi connectivity index (χ4n) is 3.87. The molecule has 0 aliphatic carbocycles. The molecule has 5 rings (SSSR count). The van der Waals surface area contributed by atoms with Gasteiger partial charge in [0.25, 0.3) is 12.5 Å². The van der Waals surface area contributed by atoms with Gasteiger partial charge >= 0.3 is 0 Å². The molecule has 0 atom stereocenters. The second kappa shape index (κ2) is 9.10. The molecule has 5 aromatic rings. The van der Waals surface area contributed by atoms with E-state index in [1.54, 1.807) is 18.2 Å². The number of ether oxygens (including phenoxy) is 2. The van der Waals surface area contributed by atoms with E-state index in [1.165, 1.54) is 12.1 Å². The Balaban J connectivity index is 1.52. The van der Waals surface area contributed by atoms with Crippen LogP contribution in [0, 0.1) is 5.82 Å². The zero-order chi connectivity index (χ0) is 23.5. The Morgan fingerprint density at radius 1 is 1.09 bits per heavy atom. The summed E-state index contributed by atoms with van der Waals surface area (Å²) in [6, 6.07) is 18.0. The second-order valence-corrected chi connectivity index (χ2v) is 7.37. The smallest absolute Gasteiger partial charge is 0.298 e. The summed E-state index contributed by atoms with van der Waals surface area (Å²) in [6.45, 7) is 3.15. The van der Waals surface area contributed by atoms with E-state index in [2.05, 4.69) is 25.6 Å². The van der Waals surface area contributed by atoms with Crippen molar-refractivity contribution < 1.29 is 18.7 Å². The summed E-state index contributed by atoms with van der Waals surface area (Å²) in [4.78, 5) is 15.5. The molecule has 0 radical (unpaired) electrons. The number of nitrogens with one attached hydrogen (secondary N) is 1. The van der Waals surface area contributed by atoms with Crippen LogP contribution in [0.25, 0.3) is 33.5 Å². The molecule has 9 nitrogen and oxygen atoms in total. The standard InChI is InChI=1S/C24H19FN6O3/c1-2-33-24-26-20-4-3-5-21(34-14-32)22(20)31(24)13-15-6-8-16(9-7-15)18-11-10-17(25)12-19(18)23-27-29-30-28-23/h3-12,14H,2,13H2,1H3,(H,27,28,29,30). The predicted octanol–water partition coefficient (Wildman–Crippen LogP) is 4.00. The van der Waals surface area contributed by atoms with Crippen LogP contribution < -0.4 is 9.47 Å². The first kappa shape index (κ1) is 21.3. The maximum absolute atomic E-state index is 13.9. The Hall–Kier alpha value is -4.60. The van der Waals surface area contributed by atoms with Crippen molar-refractivity contribution in [1.82, 2.24) is 30.2 Å². The average Bonchev–Trinajstić information content (AvgIpc) is 3.50. The molecule has 0 unspecified atom stereocenters. The van der Waals surface area contributed by atoms with Crippen molar-refractivity contribution in [1.29, 1.82) is 0 Å². The average molecular weight is 458 g/mol. The lowest BCUT2D eigenvalue weighted by molar-refractivity contribution is -0.120. The highest BCUT2D eigenvalue weighted by Crippen LogP contribution is 2.33. The third kappa shape index (κ3) is 3.96. The number of halogens is 1. The number of aromatic nitrogens is 6. The van der Waals surface area contributed by atoms with Gasteiger partial charge in [0.2, 0.25) is 5.82 Å². The van der Waals surface area contributed by atoms with Gasteiger partial charge in [0, 0.05) is 5.56 Å². The van der Waals surface area contributed by atoms with Crippen LogP contribution in [0.1, 0.15) is 12.5 Å². The second-order valence-electron chi connectivity index (χ2n) is 7.37. The molecule has 1 N–H and O–H groups in total. The SMILES string of the molecule is CCOc1nc2cccc(OC=O)c2n1Cc1ccc(-c2ccc(F)cc2-c2nn[nH]n2)cc1. The molecule has 0 fully saturated rings. The van der Waals surface area contributed by atoms with Gasteiger partial charge in [-0.3, -0.25) is 9.36 Å². The molecular formula is C24H19FN6O3. The van der Waals surface area contributed by atoms with Crippen LogP contribution in [0.3, 0.4) is 0 Å². The van der Waals surface area contributed by atoms with E-state index in [1.807, 2.05) is 41.8 Å². The Bertz CT molecular complexity index is 1450. The van der Waals surface area contributed by atoms with Crippen LogP contribution >= 0.6 is 0 Å². The monoisotopic (exact) mass is 458 g/mol. The summed E-state index contributed by atoms with van der Waals surface area (Å²) in [5.41, 5.74) is 4.48. The molecule has 3 aromatic carbocycles. The summed E-state index contributed by atoms with van der Waals surface area (Å²) in [5, 5.41) is 13.9. The first-order valence-corrected chi connectivity index (χ1v) is 10.5. The summed E-state index contributed by atoms with van der Waals surface area (Å²) < 4.78 is 26.7. The fourth-order valence-corrected chi connectivity index (χ4v) is 3.87. The topological polar surface area (TPSA) is 108 Å². The Labute approximate surface area is 193 Å². The first-order valence-electron chi connectivity index (χ1n) is 10.5. The van der Waals surface area contributed by atoms with E-state index < -0.39 is 0 Å². The van der Waals surface area contributed by atoms with Gasteiger partial charge in [0.05, 0.1) is 18.7 Å². The molecule has 0 aliphatic heterocycles. The van der Waals surface area contributed by atoms with E-state index in [0.717, 1.165) is 16.7 Å².